The van der Waals surface area contributed by atoms with Gasteiger partial charge in [-0.2, -0.15) is 10.5 Å². The Morgan fingerprint density at radius 1 is 1.06 bits per heavy atom. The molecule has 0 spiro atoms. The maximum absolute atomic E-state index is 8.40. The summed E-state index contributed by atoms with van der Waals surface area (Å²) in [7, 11) is 0. The van der Waals surface area contributed by atoms with Crippen LogP contribution in [0.1, 0.15) is 22.3 Å². The molecule has 1 rings (SSSR count). The van der Waals surface area contributed by atoms with Crippen molar-refractivity contribution in [3.05, 3.63) is 34.4 Å². The summed E-state index contributed by atoms with van der Waals surface area (Å²) in [6.07, 6.45) is 3.27. The molecule has 0 atom stereocenters. The van der Waals surface area contributed by atoms with Crippen molar-refractivity contribution in [1.29, 1.82) is 10.5 Å². The summed E-state index contributed by atoms with van der Waals surface area (Å²) in [5.74, 6) is 0. The molecule has 1 aromatic rings. The van der Waals surface area contributed by atoms with Gasteiger partial charge in [0.25, 0.3) is 12.5 Å². The molecule has 0 heterocycles. The molecule has 4 nitrogen and oxygen atoms in total. The first-order valence-electron chi connectivity index (χ1n) is 4.80. The number of rotatable bonds is 4. The van der Waals surface area contributed by atoms with E-state index in [4.69, 9.17) is 20.0 Å². The fourth-order valence-corrected chi connectivity index (χ4v) is 1.48. The normalized spacial score (nSPS) is 9.00. The molecule has 0 amide bonds. The smallest absolute Gasteiger partial charge is 0.286 e. The highest BCUT2D eigenvalue weighted by Gasteiger charge is 2.09. The van der Waals surface area contributed by atoms with Crippen LogP contribution in [0, 0.1) is 36.9 Å². The molecule has 0 radical (unpaired) electrons. The minimum atomic E-state index is 0.210. The van der Waals surface area contributed by atoms with Crippen molar-refractivity contribution in [3.63, 3.8) is 0 Å². The molecule has 1 aromatic carbocycles. The molecule has 0 fully saturated rings. The zero-order valence-electron chi connectivity index (χ0n) is 9.28. The lowest BCUT2D eigenvalue weighted by Crippen LogP contribution is -2.01. The minimum absolute atomic E-state index is 0.210. The Balaban J connectivity index is 3.03. The summed E-state index contributed by atoms with van der Waals surface area (Å²) in [6.45, 7) is 4.37. The average molecular weight is 216 g/mol. The molecule has 82 valence electrons. The van der Waals surface area contributed by atoms with Crippen LogP contribution in [0.15, 0.2) is 12.1 Å². The first kappa shape index (κ1) is 11.9. The summed E-state index contributed by atoms with van der Waals surface area (Å²) in [5, 5.41) is 16.8. The molecule has 16 heavy (non-hydrogen) atoms. The van der Waals surface area contributed by atoms with Gasteiger partial charge < -0.3 is 9.47 Å². The summed E-state index contributed by atoms with van der Waals surface area (Å²) < 4.78 is 9.45. The van der Waals surface area contributed by atoms with Gasteiger partial charge in [0.05, 0.1) is 0 Å². The van der Waals surface area contributed by atoms with Crippen LogP contribution >= 0.6 is 0 Å². The van der Waals surface area contributed by atoms with Crippen LogP contribution in [0.4, 0.5) is 0 Å². The van der Waals surface area contributed by atoms with Crippen molar-refractivity contribution < 1.29 is 9.47 Å². The van der Waals surface area contributed by atoms with E-state index in [1.54, 1.807) is 12.5 Å². The number of aryl methyl sites for hydroxylation is 1. The van der Waals surface area contributed by atoms with E-state index in [1.165, 1.54) is 0 Å². The maximum atomic E-state index is 8.40. The molecule has 0 aromatic heterocycles. The molecule has 0 aliphatic rings. The molecule has 0 N–H and O–H groups in total. The zero-order chi connectivity index (χ0) is 12.0. The summed E-state index contributed by atoms with van der Waals surface area (Å²) in [5.41, 5.74) is 3.98. The maximum Gasteiger partial charge on any atom is 0.286 e. The summed E-state index contributed by atoms with van der Waals surface area (Å²) >= 11 is 0. The highest BCUT2D eigenvalue weighted by Crippen LogP contribution is 2.20. The van der Waals surface area contributed by atoms with E-state index < -0.39 is 0 Å². The van der Waals surface area contributed by atoms with Gasteiger partial charge in [0.2, 0.25) is 0 Å². The van der Waals surface area contributed by atoms with E-state index in [1.807, 2.05) is 26.0 Å². The topological polar surface area (TPSA) is 66.0 Å². The van der Waals surface area contributed by atoms with Crippen molar-refractivity contribution in [1.82, 2.24) is 0 Å². The third kappa shape index (κ3) is 2.65. The van der Waals surface area contributed by atoms with Gasteiger partial charge in [-0.3, -0.25) is 0 Å². The highest BCUT2D eigenvalue weighted by atomic mass is 16.5. The second-order valence-corrected chi connectivity index (χ2v) is 3.41. The van der Waals surface area contributed by atoms with E-state index >= 15 is 0 Å². The molecule has 0 saturated heterocycles. The molecule has 0 unspecified atom stereocenters. The van der Waals surface area contributed by atoms with Gasteiger partial charge in [-0.1, -0.05) is 12.1 Å². The fraction of sp³-hybridized carbons (Fsp3) is 0.333. The Bertz CT molecular complexity index is 455. The van der Waals surface area contributed by atoms with Crippen LogP contribution in [-0.2, 0) is 22.7 Å². The summed E-state index contributed by atoms with van der Waals surface area (Å²) in [6, 6.07) is 3.84. The van der Waals surface area contributed by atoms with Gasteiger partial charge in [0.1, 0.15) is 13.2 Å². The number of ether oxygens (including phenoxy) is 2. The van der Waals surface area contributed by atoms with Gasteiger partial charge in [-0.15, -0.1) is 0 Å². The molecular weight excluding hydrogens is 204 g/mol. The molecule has 4 heteroatoms. The second-order valence-electron chi connectivity index (χ2n) is 3.41. The highest BCUT2D eigenvalue weighted by molar-refractivity contribution is 5.39. The second kappa shape index (κ2) is 5.63. The van der Waals surface area contributed by atoms with Gasteiger partial charge in [-0.05, 0) is 30.5 Å². The molecular formula is C12H12N2O2. The quantitative estimate of drug-likeness (QED) is 0.724. The van der Waals surface area contributed by atoms with Crippen LogP contribution in [0.25, 0.3) is 0 Å². The van der Waals surface area contributed by atoms with Crippen LogP contribution in [0.2, 0.25) is 0 Å². The predicted octanol–water partition coefficient (Wildman–Crippen LogP) is 2.30. The van der Waals surface area contributed by atoms with Gasteiger partial charge in [0.15, 0.2) is 0 Å². The minimum Gasteiger partial charge on any atom is -0.423 e. The molecule has 0 aliphatic carbocycles. The number of hydrogen-bond acceptors (Lipinski definition) is 4. The lowest BCUT2D eigenvalue weighted by Gasteiger charge is -2.12. The van der Waals surface area contributed by atoms with E-state index in [2.05, 4.69) is 0 Å². The lowest BCUT2D eigenvalue weighted by atomic mass is 9.98. The van der Waals surface area contributed by atoms with Crippen LogP contribution in [-0.4, -0.2) is 0 Å². The van der Waals surface area contributed by atoms with Crippen molar-refractivity contribution in [2.75, 3.05) is 0 Å². The molecule has 0 aliphatic heterocycles. The standard InChI is InChI=1S/C12H12N2O2/c1-9-3-4-11(5-15-7-13)12(10(9)2)6-16-8-14/h3-4H,5-6H2,1-2H3. The van der Waals surface area contributed by atoms with Gasteiger partial charge in [-0.25, -0.2) is 0 Å². The number of hydrogen-bond donors (Lipinski definition) is 0. The van der Waals surface area contributed by atoms with E-state index in [0.29, 0.717) is 0 Å². The van der Waals surface area contributed by atoms with Crippen molar-refractivity contribution in [2.45, 2.75) is 27.1 Å². The van der Waals surface area contributed by atoms with E-state index in [-0.39, 0.29) is 13.2 Å². The largest absolute Gasteiger partial charge is 0.423 e. The third-order valence-electron chi connectivity index (χ3n) is 2.54. The Labute approximate surface area is 94.6 Å². The van der Waals surface area contributed by atoms with Crippen LogP contribution in [0.5, 0.6) is 0 Å². The van der Waals surface area contributed by atoms with Crippen LogP contribution < -0.4 is 0 Å². The first-order valence-corrected chi connectivity index (χ1v) is 4.80. The molecule has 0 saturated carbocycles. The van der Waals surface area contributed by atoms with Gasteiger partial charge >= 0.3 is 0 Å². The van der Waals surface area contributed by atoms with Crippen LogP contribution in [0.3, 0.4) is 0 Å². The number of nitrogens with zero attached hydrogens (tertiary/aromatic N) is 2. The summed E-state index contributed by atoms with van der Waals surface area (Å²) in [4.78, 5) is 0. The Morgan fingerprint density at radius 2 is 1.69 bits per heavy atom. The predicted molar refractivity (Wildman–Crippen MR) is 56.7 cm³/mol. The number of nitriles is 2. The number of benzene rings is 1. The van der Waals surface area contributed by atoms with Crippen molar-refractivity contribution in [3.8, 4) is 12.5 Å². The fourth-order valence-electron chi connectivity index (χ4n) is 1.48. The third-order valence-corrected chi connectivity index (χ3v) is 2.54. The Morgan fingerprint density at radius 3 is 2.31 bits per heavy atom. The monoisotopic (exact) mass is 216 g/mol. The van der Waals surface area contributed by atoms with E-state index in [9.17, 15) is 0 Å². The average Bonchev–Trinajstić information content (AvgIpc) is 2.29. The van der Waals surface area contributed by atoms with Gasteiger partial charge in [0, 0.05) is 5.56 Å². The lowest BCUT2D eigenvalue weighted by molar-refractivity contribution is 0.237. The van der Waals surface area contributed by atoms with Crippen molar-refractivity contribution >= 4 is 0 Å². The molecule has 0 bridgehead atoms. The van der Waals surface area contributed by atoms with Crippen molar-refractivity contribution in [2.24, 2.45) is 0 Å². The first-order chi connectivity index (χ1) is 7.70. The SMILES string of the molecule is Cc1ccc(COC#N)c(COC#N)c1C. The van der Waals surface area contributed by atoms with E-state index in [0.717, 1.165) is 22.3 Å². The Kier molecular flexibility index (Phi) is 4.17. The zero-order valence-corrected chi connectivity index (χ0v) is 9.28. The Hall–Kier alpha value is -2.20.